The average molecular weight is 223 g/mol. The van der Waals surface area contributed by atoms with Gasteiger partial charge in [-0.2, -0.15) is 5.10 Å². The zero-order valence-electron chi connectivity index (χ0n) is 11.2. The molecule has 0 bridgehead atoms. The van der Waals surface area contributed by atoms with Gasteiger partial charge < -0.3 is 5.32 Å². The fourth-order valence-electron chi connectivity index (χ4n) is 2.06. The van der Waals surface area contributed by atoms with Gasteiger partial charge in [0.25, 0.3) is 0 Å². The molecule has 1 unspecified atom stereocenters. The molecule has 0 aliphatic carbocycles. The lowest BCUT2D eigenvalue weighted by molar-refractivity contribution is 0.428. The van der Waals surface area contributed by atoms with Crippen LogP contribution in [0.3, 0.4) is 0 Å². The van der Waals surface area contributed by atoms with Gasteiger partial charge in [-0.25, -0.2) is 0 Å². The molecular weight excluding hydrogens is 198 g/mol. The van der Waals surface area contributed by atoms with Crippen LogP contribution in [0, 0.1) is 12.8 Å². The molecule has 0 saturated heterocycles. The van der Waals surface area contributed by atoms with E-state index in [1.165, 1.54) is 18.5 Å². The molecule has 0 aromatic carbocycles. The number of rotatable bonds is 6. The van der Waals surface area contributed by atoms with Gasteiger partial charge in [0.2, 0.25) is 0 Å². The first kappa shape index (κ1) is 13.2. The van der Waals surface area contributed by atoms with Crippen LogP contribution in [-0.4, -0.2) is 16.3 Å². The molecule has 1 aromatic rings. The molecule has 1 atom stereocenters. The van der Waals surface area contributed by atoms with Crippen molar-refractivity contribution >= 4 is 0 Å². The Balaban J connectivity index is 2.72. The molecule has 0 aliphatic heterocycles. The summed E-state index contributed by atoms with van der Waals surface area (Å²) in [6, 6.07) is 2.63. The van der Waals surface area contributed by atoms with Gasteiger partial charge in [-0.3, -0.25) is 4.68 Å². The van der Waals surface area contributed by atoms with Gasteiger partial charge in [0.05, 0.1) is 11.4 Å². The number of nitrogens with zero attached hydrogens (tertiary/aromatic N) is 2. The van der Waals surface area contributed by atoms with Crippen LogP contribution in [-0.2, 0) is 7.05 Å². The molecule has 0 aliphatic rings. The van der Waals surface area contributed by atoms with Gasteiger partial charge in [-0.05, 0) is 38.3 Å². The Morgan fingerprint density at radius 1 is 1.38 bits per heavy atom. The predicted molar refractivity (Wildman–Crippen MR) is 68.4 cm³/mol. The molecule has 0 amide bonds. The maximum absolute atomic E-state index is 4.42. The fraction of sp³-hybridized carbons (Fsp3) is 0.769. The predicted octanol–water partition coefficient (Wildman–Crippen LogP) is 2.82. The molecular formula is C13H25N3. The first-order valence-electron chi connectivity index (χ1n) is 6.28. The maximum atomic E-state index is 4.42. The summed E-state index contributed by atoms with van der Waals surface area (Å²) in [5.74, 6) is 0.760. The summed E-state index contributed by atoms with van der Waals surface area (Å²) in [4.78, 5) is 0. The van der Waals surface area contributed by atoms with E-state index in [0.717, 1.165) is 18.2 Å². The lowest BCUT2D eigenvalue weighted by atomic mass is 10.0. The van der Waals surface area contributed by atoms with Crippen LogP contribution in [0.4, 0.5) is 0 Å². The van der Waals surface area contributed by atoms with Gasteiger partial charge in [0.15, 0.2) is 0 Å². The molecule has 1 N–H and O–H groups in total. The number of aryl methyl sites for hydroxylation is 2. The standard InChI is InChI=1S/C13H25N3/c1-6-14-12(8-7-10(2)3)13-9-11(4)15-16(13)5/h9-10,12,14H,6-8H2,1-5H3. The molecule has 0 spiro atoms. The summed E-state index contributed by atoms with van der Waals surface area (Å²) in [7, 11) is 2.03. The third-order valence-corrected chi connectivity index (χ3v) is 2.88. The minimum absolute atomic E-state index is 0.443. The van der Waals surface area contributed by atoms with Gasteiger partial charge in [0.1, 0.15) is 0 Å². The van der Waals surface area contributed by atoms with E-state index in [1.807, 2.05) is 11.7 Å². The molecule has 1 heterocycles. The normalized spacial score (nSPS) is 13.4. The van der Waals surface area contributed by atoms with Gasteiger partial charge >= 0.3 is 0 Å². The minimum atomic E-state index is 0.443. The van der Waals surface area contributed by atoms with Gasteiger partial charge in [-0.15, -0.1) is 0 Å². The van der Waals surface area contributed by atoms with Crippen molar-refractivity contribution in [3.05, 3.63) is 17.5 Å². The second-order valence-electron chi connectivity index (χ2n) is 4.92. The summed E-state index contributed by atoms with van der Waals surface area (Å²) < 4.78 is 2.00. The molecule has 16 heavy (non-hydrogen) atoms. The van der Waals surface area contributed by atoms with Gasteiger partial charge in [0, 0.05) is 13.1 Å². The Labute approximate surface area is 99.2 Å². The van der Waals surface area contributed by atoms with Crippen molar-refractivity contribution in [2.75, 3.05) is 6.54 Å². The highest BCUT2D eigenvalue weighted by Gasteiger charge is 2.15. The number of nitrogens with one attached hydrogen (secondary N) is 1. The number of hydrogen-bond acceptors (Lipinski definition) is 2. The monoisotopic (exact) mass is 223 g/mol. The zero-order valence-corrected chi connectivity index (χ0v) is 11.2. The van der Waals surface area contributed by atoms with Crippen LogP contribution in [0.2, 0.25) is 0 Å². The molecule has 0 fully saturated rings. The Morgan fingerprint density at radius 2 is 2.06 bits per heavy atom. The van der Waals surface area contributed by atoms with Crippen molar-refractivity contribution in [3.63, 3.8) is 0 Å². The van der Waals surface area contributed by atoms with E-state index in [0.29, 0.717) is 6.04 Å². The van der Waals surface area contributed by atoms with E-state index in [4.69, 9.17) is 0 Å². The first-order chi connectivity index (χ1) is 7.54. The van der Waals surface area contributed by atoms with E-state index in [1.54, 1.807) is 0 Å². The highest BCUT2D eigenvalue weighted by atomic mass is 15.3. The van der Waals surface area contributed by atoms with Gasteiger partial charge in [-0.1, -0.05) is 20.8 Å². The van der Waals surface area contributed by atoms with Crippen LogP contribution in [0.1, 0.15) is 51.0 Å². The summed E-state index contributed by atoms with van der Waals surface area (Å²) in [5.41, 5.74) is 2.41. The summed E-state index contributed by atoms with van der Waals surface area (Å²) in [5, 5.41) is 7.97. The lowest BCUT2D eigenvalue weighted by Gasteiger charge is -2.19. The summed E-state index contributed by atoms with van der Waals surface area (Å²) in [6.07, 6.45) is 2.44. The molecule has 1 rings (SSSR count). The van der Waals surface area contributed by atoms with Crippen molar-refractivity contribution in [2.45, 2.75) is 46.6 Å². The van der Waals surface area contributed by atoms with E-state index in [2.05, 4.69) is 44.2 Å². The molecule has 1 aromatic heterocycles. The van der Waals surface area contributed by atoms with Crippen LogP contribution in [0.25, 0.3) is 0 Å². The Hall–Kier alpha value is -0.830. The van der Waals surface area contributed by atoms with E-state index in [-0.39, 0.29) is 0 Å². The second kappa shape index (κ2) is 6.04. The molecule has 3 nitrogen and oxygen atoms in total. The largest absolute Gasteiger partial charge is 0.309 e. The molecule has 3 heteroatoms. The lowest BCUT2D eigenvalue weighted by Crippen LogP contribution is -2.23. The van der Waals surface area contributed by atoms with Crippen LogP contribution in [0.15, 0.2) is 6.07 Å². The minimum Gasteiger partial charge on any atom is -0.309 e. The van der Waals surface area contributed by atoms with E-state index in [9.17, 15) is 0 Å². The maximum Gasteiger partial charge on any atom is 0.0597 e. The third-order valence-electron chi connectivity index (χ3n) is 2.88. The average Bonchev–Trinajstić information content (AvgIpc) is 2.52. The Bertz CT molecular complexity index is 315. The van der Waals surface area contributed by atoms with Crippen molar-refractivity contribution in [2.24, 2.45) is 13.0 Å². The van der Waals surface area contributed by atoms with Crippen molar-refractivity contribution in [3.8, 4) is 0 Å². The summed E-state index contributed by atoms with van der Waals surface area (Å²) in [6.45, 7) is 9.77. The van der Waals surface area contributed by atoms with Crippen LogP contribution in [0.5, 0.6) is 0 Å². The number of hydrogen-bond donors (Lipinski definition) is 1. The second-order valence-corrected chi connectivity index (χ2v) is 4.92. The van der Waals surface area contributed by atoms with Crippen molar-refractivity contribution in [1.29, 1.82) is 0 Å². The fourth-order valence-corrected chi connectivity index (χ4v) is 2.06. The number of aromatic nitrogens is 2. The van der Waals surface area contributed by atoms with E-state index >= 15 is 0 Å². The smallest absolute Gasteiger partial charge is 0.0597 e. The highest BCUT2D eigenvalue weighted by molar-refractivity contribution is 5.13. The van der Waals surface area contributed by atoms with Crippen LogP contribution < -0.4 is 5.32 Å². The van der Waals surface area contributed by atoms with Crippen molar-refractivity contribution in [1.82, 2.24) is 15.1 Å². The quantitative estimate of drug-likeness (QED) is 0.803. The zero-order chi connectivity index (χ0) is 12.1. The summed E-state index contributed by atoms with van der Waals surface area (Å²) >= 11 is 0. The molecule has 0 saturated carbocycles. The van der Waals surface area contributed by atoms with Crippen LogP contribution >= 0.6 is 0 Å². The van der Waals surface area contributed by atoms with E-state index < -0.39 is 0 Å². The molecule has 0 radical (unpaired) electrons. The molecule has 92 valence electrons. The van der Waals surface area contributed by atoms with Crippen molar-refractivity contribution < 1.29 is 0 Å². The topological polar surface area (TPSA) is 29.9 Å². The third kappa shape index (κ3) is 3.63. The Morgan fingerprint density at radius 3 is 2.50 bits per heavy atom. The first-order valence-corrected chi connectivity index (χ1v) is 6.28. The highest BCUT2D eigenvalue weighted by Crippen LogP contribution is 2.21. The Kier molecular flexibility index (Phi) is 5.00. The SMILES string of the molecule is CCNC(CCC(C)C)c1cc(C)nn1C.